The molecule has 0 radical (unpaired) electrons. The highest BCUT2D eigenvalue weighted by Gasteiger charge is 2.15. The minimum absolute atomic E-state index is 0.0875. The molecule has 1 aromatic carbocycles. The molecular formula is C14H18N2OS. The maximum atomic E-state index is 9.95. The normalized spacial score (nSPS) is 14.4. The quantitative estimate of drug-likeness (QED) is 0.885. The van der Waals surface area contributed by atoms with Crippen molar-refractivity contribution in [2.24, 2.45) is 0 Å². The van der Waals surface area contributed by atoms with Crippen molar-refractivity contribution in [3.05, 3.63) is 45.9 Å². The number of aromatic hydroxyl groups is 1. The van der Waals surface area contributed by atoms with Crippen molar-refractivity contribution >= 4 is 11.3 Å². The van der Waals surface area contributed by atoms with Crippen LogP contribution in [0.1, 0.15) is 42.1 Å². The zero-order valence-electron chi connectivity index (χ0n) is 10.8. The summed E-state index contributed by atoms with van der Waals surface area (Å²) >= 11 is 1.64. The molecule has 2 rings (SSSR count). The van der Waals surface area contributed by atoms with Crippen molar-refractivity contribution in [1.82, 2.24) is 10.3 Å². The monoisotopic (exact) mass is 262 g/mol. The van der Waals surface area contributed by atoms with E-state index in [1.54, 1.807) is 17.4 Å². The Morgan fingerprint density at radius 1 is 1.28 bits per heavy atom. The van der Waals surface area contributed by atoms with Gasteiger partial charge in [-0.15, -0.1) is 11.3 Å². The van der Waals surface area contributed by atoms with Gasteiger partial charge in [-0.25, -0.2) is 4.98 Å². The fourth-order valence-electron chi connectivity index (χ4n) is 2.00. The van der Waals surface area contributed by atoms with Gasteiger partial charge in [-0.1, -0.05) is 12.1 Å². The van der Waals surface area contributed by atoms with E-state index in [9.17, 15) is 5.11 Å². The van der Waals surface area contributed by atoms with Crippen LogP contribution in [0.15, 0.2) is 29.8 Å². The third-order valence-corrected chi connectivity index (χ3v) is 3.93. The van der Waals surface area contributed by atoms with E-state index >= 15 is 0 Å². The van der Waals surface area contributed by atoms with Gasteiger partial charge in [0.2, 0.25) is 0 Å². The summed E-state index contributed by atoms with van der Waals surface area (Å²) in [6.07, 6.45) is 1.81. The SMILES string of the molecule is Cc1ccc(C(C)NC(C)c2nccs2)c(O)c1. The molecular weight excluding hydrogens is 244 g/mol. The smallest absolute Gasteiger partial charge is 0.120 e. The van der Waals surface area contributed by atoms with Crippen LogP contribution in [0.2, 0.25) is 0 Å². The molecule has 96 valence electrons. The summed E-state index contributed by atoms with van der Waals surface area (Å²) in [6.45, 7) is 6.11. The number of phenolic OH excluding ortho intramolecular Hbond substituents is 1. The van der Waals surface area contributed by atoms with Crippen molar-refractivity contribution in [1.29, 1.82) is 0 Å². The molecule has 0 aliphatic rings. The Morgan fingerprint density at radius 2 is 2.06 bits per heavy atom. The topological polar surface area (TPSA) is 45.2 Å². The predicted octanol–water partition coefficient (Wildman–Crippen LogP) is 3.57. The molecule has 4 heteroatoms. The highest BCUT2D eigenvalue weighted by atomic mass is 32.1. The number of aromatic nitrogens is 1. The predicted molar refractivity (Wildman–Crippen MR) is 74.9 cm³/mol. The van der Waals surface area contributed by atoms with Gasteiger partial charge in [0.05, 0.1) is 6.04 Å². The van der Waals surface area contributed by atoms with E-state index in [2.05, 4.69) is 24.1 Å². The first-order chi connectivity index (χ1) is 8.58. The molecule has 0 saturated heterocycles. The van der Waals surface area contributed by atoms with Gasteiger partial charge in [0.1, 0.15) is 10.8 Å². The lowest BCUT2D eigenvalue weighted by molar-refractivity contribution is 0.438. The number of benzene rings is 1. The second-order valence-electron chi connectivity index (χ2n) is 4.54. The van der Waals surface area contributed by atoms with E-state index in [4.69, 9.17) is 0 Å². The Bertz CT molecular complexity index is 511. The van der Waals surface area contributed by atoms with Crippen molar-refractivity contribution in [3.63, 3.8) is 0 Å². The molecule has 2 unspecified atom stereocenters. The van der Waals surface area contributed by atoms with Crippen LogP contribution < -0.4 is 5.32 Å². The maximum absolute atomic E-state index is 9.95. The van der Waals surface area contributed by atoms with E-state index in [0.717, 1.165) is 16.1 Å². The van der Waals surface area contributed by atoms with Crippen molar-refractivity contribution in [2.45, 2.75) is 32.9 Å². The third kappa shape index (κ3) is 2.89. The average molecular weight is 262 g/mol. The molecule has 2 atom stereocenters. The minimum atomic E-state index is 0.0875. The van der Waals surface area contributed by atoms with Gasteiger partial charge in [-0.3, -0.25) is 0 Å². The van der Waals surface area contributed by atoms with Gasteiger partial charge in [0.25, 0.3) is 0 Å². The molecule has 0 amide bonds. The Kier molecular flexibility index (Phi) is 3.99. The fourth-order valence-corrected chi connectivity index (χ4v) is 2.66. The van der Waals surface area contributed by atoms with Gasteiger partial charge in [0.15, 0.2) is 0 Å². The molecule has 3 nitrogen and oxygen atoms in total. The molecule has 2 N–H and O–H groups in total. The summed E-state index contributed by atoms with van der Waals surface area (Å²) in [7, 11) is 0. The number of thiazole rings is 1. The summed E-state index contributed by atoms with van der Waals surface area (Å²) < 4.78 is 0. The summed E-state index contributed by atoms with van der Waals surface area (Å²) in [5, 5.41) is 16.4. The Labute approximate surface area is 112 Å². The number of hydrogen-bond acceptors (Lipinski definition) is 4. The molecule has 18 heavy (non-hydrogen) atoms. The van der Waals surface area contributed by atoms with Gasteiger partial charge < -0.3 is 10.4 Å². The minimum Gasteiger partial charge on any atom is -0.508 e. The van der Waals surface area contributed by atoms with Gasteiger partial charge in [-0.2, -0.15) is 0 Å². The highest BCUT2D eigenvalue weighted by Crippen LogP contribution is 2.27. The molecule has 2 aromatic rings. The number of phenols is 1. The van der Waals surface area contributed by atoms with Crippen molar-refractivity contribution in [3.8, 4) is 5.75 Å². The highest BCUT2D eigenvalue weighted by molar-refractivity contribution is 7.09. The summed E-state index contributed by atoms with van der Waals surface area (Å²) in [5.41, 5.74) is 1.99. The van der Waals surface area contributed by atoms with Crippen LogP contribution in [0.4, 0.5) is 0 Å². The van der Waals surface area contributed by atoms with E-state index in [0.29, 0.717) is 5.75 Å². The van der Waals surface area contributed by atoms with Gasteiger partial charge in [0, 0.05) is 23.2 Å². The lowest BCUT2D eigenvalue weighted by atomic mass is 10.0. The van der Waals surface area contributed by atoms with Crippen LogP contribution in [-0.4, -0.2) is 10.1 Å². The lowest BCUT2D eigenvalue weighted by Crippen LogP contribution is -2.22. The standard InChI is InChI=1S/C14H18N2OS/c1-9-4-5-12(13(17)8-9)10(2)16-11(3)14-15-6-7-18-14/h4-8,10-11,16-17H,1-3H3. The largest absolute Gasteiger partial charge is 0.508 e. The Morgan fingerprint density at radius 3 is 2.67 bits per heavy atom. The van der Waals surface area contributed by atoms with Crippen LogP contribution in [0.5, 0.6) is 5.75 Å². The second kappa shape index (κ2) is 5.50. The van der Waals surface area contributed by atoms with Crippen LogP contribution in [0.3, 0.4) is 0 Å². The number of aryl methyl sites for hydroxylation is 1. The Balaban J connectivity index is 2.10. The van der Waals surface area contributed by atoms with E-state index in [1.165, 1.54) is 0 Å². The molecule has 0 spiro atoms. The number of rotatable bonds is 4. The van der Waals surface area contributed by atoms with Crippen molar-refractivity contribution in [2.75, 3.05) is 0 Å². The molecule has 0 aliphatic heterocycles. The van der Waals surface area contributed by atoms with Crippen LogP contribution in [0.25, 0.3) is 0 Å². The van der Waals surface area contributed by atoms with Crippen LogP contribution in [-0.2, 0) is 0 Å². The molecule has 0 bridgehead atoms. The Hall–Kier alpha value is -1.39. The number of nitrogens with one attached hydrogen (secondary N) is 1. The number of nitrogens with zero attached hydrogens (tertiary/aromatic N) is 1. The first-order valence-corrected chi connectivity index (χ1v) is 6.91. The maximum Gasteiger partial charge on any atom is 0.120 e. The molecule has 1 aromatic heterocycles. The van der Waals surface area contributed by atoms with E-state index in [1.807, 2.05) is 30.6 Å². The molecule has 0 aliphatic carbocycles. The number of hydrogen-bond donors (Lipinski definition) is 2. The van der Waals surface area contributed by atoms with Gasteiger partial charge >= 0.3 is 0 Å². The van der Waals surface area contributed by atoms with Crippen LogP contribution in [0, 0.1) is 6.92 Å². The molecule has 0 fully saturated rings. The molecule has 1 heterocycles. The van der Waals surface area contributed by atoms with E-state index in [-0.39, 0.29) is 12.1 Å². The molecule has 0 saturated carbocycles. The first kappa shape index (κ1) is 13.1. The summed E-state index contributed by atoms with van der Waals surface area (Å²) in [5.74, 6) is 0.348. The van der Waals surface area contributed by atoms with Gasteiger partial charge in [-0.05, 0) is 32.4 Å². The summed E-state index contributed by atoms with van der Waals surface area (Å²) in [6, 6.07) is 6.05. The lowest BCUT2D eigenvalue weighted by Gasteiger charge is -2.20. The second-order valence-corrected chi connectivity index (χ2v) is 5.47. The average Bonchev–Trinajstić information content (AvgIpc) is 2.81. The first-order valence-electron chi connectivity index (χ1n) is 6.03. The van der Waals surface area contributed by atoms with Crippen LogP contribution >= 0.6 is 11.3 Å². The zero-order valence-corrected chi connectivity index (χ0v) is 11.7. The summed E-state index contributed by atoms with van der Waals surface area (Å²) in [4.78, 5) is 4.29. The zero-order chi connectivity index (χ0) is 13.1. The van der Waals surface area contributed by atoms with Crippen molar-refractivity contribution < 1.29 is 5.11 Å². The fraction of sp³-hybridized carbons (Fsp3) is 0.357. The van der Waals surface area contributed by atoms with E-state index < -0.39 is 0 Å². The third-order valence-electron chi connectivity index (χ3n) is 2.97.